The predicted molar refractivity (Wildman–Crippen MR) is 149 cm³/mol. The number of hydrogen-bond donors (Lipinski definition) is 2. The maximum Gasteiger partial charge on any atom is 0.257 e. The largest absolute Gasteiger partial charge is 0.392 e. The van der Waals surface area contributed by atoms with Gasteiger partial charge in [0, 0.05) is 38.2 Å². The summed E-state index contributed by atoms with van der Waals surface area (Å²) >= 11 is 0. The highest BCUT2D eigenvalue weighted by molar-refractivity contribution is 5.94. The zero-order valence-corrected chi connectivity index (χ0v) is 24.0. The Morgan fingerprint density at radius 3 is 2.16 bits per heavy atom. The standard InChI is InChI=1S/C32H33F5N2O5/c1-42-17-22-3-2-12-39(22)15-23-13-24(20-8-6-19(16-40)7-9-20)44-32(43-23)21-10-4-18(5-11-21)14-38-31(41)25-26(33)28(35)30(37)29(36)27(25)34/h4-11,22-24,32,40H,2-3,12-17H2,1H3,(H,38,41)/t22-,23-,24+,32+/m0/s1. The van der Waals surface area contributed by atoms with Gasteiger partial charge in [-0.3, -0.25) is 9.69 Å². The van der Waals surface area contributed by atoms with Crippen LogP contribution in [-0.4, -0.2) is 54.9 Å². The number of carbonyl (C=O) groups excluding carboxylic acids is 1. The molecule has 0 spiro atoms. The van der Waals surface area contributed by atoms with Gasteiger partial charge in [0.05, 0.1) is 25.4 Å². The number of likely N-dealkylation sites (tertiary alicyclic amines) is 1. The zero-order valence-electron chi connectivity index (χ0n) is 24.0. The van der Waals surface area contributed by atoms with Crippen LogP contribution in [0.5, 0.6) is 0 Å². The Balaban J connectivity index is 1.29. The number of aliphatic hydroxyl groups is 1. The van der Waals surface area contributed by atoms with E-state index in [1.807, 2.05) is 24.3 Å². The SMILES string of the molecule is COC[C@@H]1CCCN1C[C@@H]1C[C@H](c2ccc(CO)cc2)O[C@H](c2ccc(CNC(=O)c3c(F)c(F)c(F)c(F)c3F)cc2)O1. The van der Waals surface area contributed by atoms with Crippen molar-refractivity contribution in [2.24, 2.45) is 0 Å². The minimum absolute atomic E-state index is 0.0651. The molecule has 0 unspecified atom stereocenters. The molecule has 4 atom stereocenters. The molecule has 2 heterocycles. The number of methoxy groups -OCH3 is 1. The molecular weight excluding hydrogens is 587 g/mol. The van der Waals surface area contributed by atoms with Crippen molar-refractivity contribution in [2.45, 2.75) is 57.0 Å². The Hall–Kier alpha value is -3.42. The summed E-state index contributed by atoms with van der Waals surface area (Å²) in [5, 5.41) is 11.6. The molecule has 0 bridgehead atoms. The Bertz CT molecular complexity index is 1430. The van der Waals surface area contributed by atoms with Gasteiger partial charge in [-0.2, -0.15) is 0 Å². The van der Waals surface area contributed by atoms with Gasteiger partial charge < -0.3 is 24.6 Å². The molecule has 12 heteroatoms. The minimum atomic E-state index is -2.33. The summed E-state index contributed by atoms with van der Waals surface area (Å²) in [6.07, 6.45) is 1.58. The lowest BCUT2D eigenvalue weighted by molar-refractivity contribution is -0.253. The van der Waals surface area contributed by atoms with Crippen LogP contribution >= 0.6 is 0 Å². The van der Waals surface area contributed by atoms with Gasteiger partial charge in [-0.1, -0.05) is 48.5 Å². The van der Waals surface area contributed by atoms with Crippen molar-refractivity contribution in [3.8, 4) is 0 Å². The van der Waals surface area contributed by atoms with Gasteiger partial charge in [0.1, 0.15) is 5.56 Å². The molecule has 2 saturated heterocycles. The number of carbonyl (C=O) groups is 1. The Kier molecular flexibility index (Phi) is 10.3. The van der Waals surface area contributed by atoms with Crippen LogP contribution in [0, 0.1) is 29.1 Å². The third kappa shape index (κ3) is 6.94. The van der Waals surface area contributed by atoms with E-state index >= 15 is 0 Å². The number of aliphatic hydroxyl groups excluding tert-OH is 1. The fourth-order valence-electron chi connectivity index (χ4n) is 5.68. The van der Waals surface area contributed by atoms with E-state index in [0.29, 0.717) is 36.7 Å². The van der Waals surface area contributed by atoms with E-state index in [-0.39, 0.29) is 25.4 Å². The van der Waals surface area contributed by atoms with Crippen molar-refractivity contribution in [3.63, 3.8) is 0 Å². The Morgan fingerprint density at radius 1 is 0.909 bits per heavy atom. The summed E-state index contributed by atoms with van der Waals surface area (Å²) in [4.78, 5) is 14.7. The molecule has 1 amide bonds. The lowest BCUT2D eigenvalue weighted by atomic mass is 9.99. The molecule has 7 nitrogen and oxygen atoms in total. The first-order chi connectivity index (χ1) is 21.2. The maximum absolute atomic E-state index is 14.0. The van der Waals surface area contributed by atoms with E-state index in [0.717, 1.165) is 30.5 Å². The van der Waals surface area contributed by atoms with E-state index < -0.39 is 46.8 Å². The molecule has 0 aromatic heterocycles. The molecule has 44 heavy (non-hydrogen) atoms. The second-order valence-corrected chi connectivity index (χ2v) is 11.0. The van der Waals surface area contributed by atoms with Gasteiger partial charge in [-0.15, -0.1) is 0 Å². The Labute approximate surface area is 251 Å². The van der Waals surface area contributed by atoms with Gasteiger partial charge in [0.2, 0.25) is 5.82 Å². The van der Waals surface area contributed by atoms with E-state index in [4.69, 9.17) is 14.2 Å². The predicted octanol–water partition coefficient (Wildman–Crippen LogP) is 5.46. The quantitative estimate of drug-likeness (QED) is 0.178. The summed E-state index contributed by atoms with van der Waals surface area (Å²) in [6, 6.07) is 14.6. The normalized spacial score (nSPS) is 22.3. The van der Waals surface area contributed by atoms with E-state index in [1.54, 1.807) is 31.4 Å². The topological polar surface area (TPSA) is 80.3 Å². The van der Waals surface area contributed by atoms with Crippen LogP contribution in [-0.2, 0) is 27.4 Å². The third-order valence-corrected chi connectivity index (χ3v) is 8.05. The van der Waals surface area contributed by atoms with Crippen LogP contribution in [0.1, 0.15) is 64.3 Å². The summed E-state index contributed by atoms with van der Waals surface area (Å²) in [7, 11) is 1.69. The molecule has 236 valence electrons. The molecule has 3 aromatic carbocycles. The second kappa shape index (κ2) is 14.1. The monoisotopic (exact) mass is 620 g/mol. The van der Waals surface area contributed by atoms with Gasteiger partial charge in [0.15, 0.2) is 29.6 Å². The van der Waals surface area contributed by atoms with Gasteiger partial charge in [-0.25, -0.2) is 22.0 Å². The molecule has 0 saturated carbocycles. The first-order valence-corrected chi connectivity index (χ1v) is 14.3. The van der Waals surface area contributed by atoms with Gasteiger partial charge in [-0.05, 0) is 36.1 Å². The molecule has 2 fully saturated rings. The van der Waals surface area contributed by atoms with Gasteiger partial charge >= 0.3 is 0 Å². The number of hydrogen-bond acceptors (Lipinski definition) is 6. The van der Waals surface area contributed by atoms with Crippen molar-refractivity contribution in [3.05, 3.63) is 105 Å². The number of amides is 1. The summed E-state index contributed by atoms with van der Waals surface area (Å²) < 4.78 is 86.6. The molecule has 2 N–H and O–H groups in total. The zero-order chi connectivity index (χ0) is 31.4. The van der Waals surface area contributed by atoms with Crippen molar-refractivity contribution < 1.29 is 46.1 Å². The number of ether oxygens (including phenoxy) is 3. The second-order valence-electron chi connectivity index (χ2n) is 11.0. The van der Waals surface area contributed by atoms with Crippen molar-refractivity contribution in [2.75, 3.05) is 26.8 Å². The van der Waals surface area contributed by atoms with E-state index in [9.17, 15) is 31.9 Å². The first kappa shape index (κ1) is 32.0. The fraction of sp³-hybridized carbons (Fsp3) is 0.406. The van der Waals surface area contributed by atoms with Crippen LogP contribution in [0.2, 0.25) is 0 Å². The van der Waals surface area contributed by atoms with E-state index in [1.165, 1.54) is 0 Å². The minimum Gasteiger partial charge on any atom is -0.392 e. The number of benzene rings is 3. The highest BCUT2D eigenvalue weighted by Crippen LogP contribution is 2.39. The number of nitrogens with zero attached hydrogens (tertiary/aromatic N) is 1. The van der Waals surface area contributed by atoms with Crippen molar-refractivity contribution in [1.29, 1.82) is 0 Å². The molecule has 3 aromatic rings. The highest BCUT2D eigenvalue weighted by Gasteiger charge is 2.35. The number of rotatable bonds is 10. The molecule has 5 rings (SSSR count). The number of nitrogens with one attached hydrogen (secondary N) is 1. The Morgan fingerprint density at radius 2 is 1.52 bits per heavy atom. The lowest BCUT2D eigenvalue weighted by Crippen LogP contribution is -2.42. The first-order valence-electron chi connectivity index (χ1n) is 14.3. The van der Waals surface area contributed by atoms with Crippen molar-refractivity contribution >= 4 is 5.91 Å². The summed E-state index contributed by atoms with van der Waals surface area (Å²) in [6.45, 7) is 1.98. The fourth-order valence-corrected chi connectivity index (χ4v) is 5.68. The highest BCUT2D eigenvalue weighted by atomic mass is 19.2. The summed E-state index contributed by atoms with van der Waals surface area (Å²) in [5.74, 6) is -12.5. The third-order valence-electron chi connectivity index (χ3n) is 8.05. The molecule has 2 aliphatic heterocycles. The molecule has 0 aliphatic carbocycles. The van der Waals surface area contributed by atoms with Crippen LogP contribution in [0.3, 0.4) is 0 Å². The van der Waals surface area contributed by atoms with Gasteiger partial charge in [0.25, 0.3) is 5.91 Å². The lowest BCUT2D eigenvalue weighted by Gasteiger charge is -2.38. The molecule has 0 radical (unpaired) electrons. The van der Waals surface area contributed by atoms with Crippen molar-refractivity contribution in [1.82, 2.24) is 10.2 Å². The molecular formula is C32H33F5N2O5. The average molecular weight is 621 g/mol. The number of halogens is 5. The van der Waals surface area contributed by atoms with Crippen LogP contribution in [0.15, 0.2) is 48.5 Å². The van der Waals surface area contributed by atoms with Crippen LogP contribution in [0.4, 0.5) is 22.0 Å². The van der Waals surface area contributed by atoms with Crippen LogP contribution in [0.25, 0.3) is 0 Å². The van der Waals surface area contributed by atoms with Crippen LogP contribution < -0.4 is 5.32 Å². The maximum atomic E-state index is 14.0. The smallest absolute Gasteiger partial charge is 0.257 e. The average Bonchev–Trinajstić information content (AvgIpc) is 3.48. The van der Waals surface area contributed by atoms with E-state index in [2.05, 4.69) is 10.2 Å². The summed E-state index contributed by atoms with van der Waals surface area (Å²) in [5.41, 5.74) is 1.39. The molecule has 2 aliphatic rings.